The number of hydrogen-bond donors (Lipinski definition) is 1. The minimum atomic E-state index is 0.810. The standard InChI is InChI=1S/C13H18N2O2/c1-15(2)8-9-7-14-13-11(9)5-10(16-3)6-12(13)17-4/h5-7,14H,8H2,1-4H3. The van der Waals surface area contributed by atoms with Crippen LogP contribution in [0.15, 0.2) is 18.3 Å². The average molecular weight is 234 g/mol. The number of hydrogen-bond acceptors (Lipinski definition) is 3. The molecule has 0 atom stereocenters. The minimum Gasteiger partial charge on any atom is -0.497 e. The van der Waals surface area contributed by atoms with Gasteiger partial charge in [-0.05, 0) is 25.7 Å². The SMILES string of the molecule is COc1cc(OC)c2[nH]cc(CN(C)C)c2c1. The van der Waals surface area contributed by atoms with Crippen LogP contribution >= 0.6 is 0 Å². The largest absolute Gasteiger partial charge is 0.497 e. The van der Waals surface area contributed by atoms with E-state index in [0.29, 0.717) is 0 Å². The Morgan fingerprint density at radius 2 is 1.94 bits per heavy atom. The Bertz CT molecular complexity index is 517. The molecule has 17 heavy (non-hydrogen) atoms. The lowest BCUT2D eigenvalue weighted by molar-refractivity contribution is 0.396. The maximum absolute atomic E-state index is 5.36. The molecule has 1 N–H and O–H groups in total. The highest BCUT2D eigenvalue weighted by Gasteiger charge is 2.11. The van der Waals surface area contributed by atoms with Crippen LogP contribution < -0.4 is 9.47 Å². The number of rotatable bonds is 4. The Morgan fingerprint density at radius 3 is 2.53 bits per heavy atom. The molecule has 0 fully saturated rings. The van der Waals surface area contributed by atoms with Gasteiger partial charge in [0.1, 0.15) is 11.5 Å². The average Bonchev–Trinajstić information content (AvgIpc) is 2.70. The summed E-state index contributed by atoms with van der Waals surface area (Å²) in [6, 6.07) is 3.92. The molecule has 0 unspecified atom stereocenters. The molecular weight excluding hydrogens is 216 g/mol. The van der Waals surface area contributed by atoms with Crippen LogP contribution in [0.2, 0.25) is 0 Å². The zero-order valence-electron chi connectivity index (χ0n) is 10.7. The fourth-order valence-electron chi connectivity index (χ4n) is 1.98. The van der Waals surface area contributed by atoms with E-state index in [-0.39, 0.29) is 0 Å². The first kappa shape index (κ1) is 11.8. The summed E-state index contributed by atoms with van der Waals surface area (Å²) in [6.45, 7) is 0.885. The van der Waals surface area contributed by atoms with E-state index in [2.05, 4.69) is 24.0 Å². The normalized spacial score (nSPS) is 11.1. The van der Waals surface area contributed by atoms with Crippen molar-refractivity contribution < 1.29 is 9.47 Å². The van der Waals surface area contributed by atoms with Gasteiger partial charge in [-0.15, -0.1) is 0 Å². The van der Waals surface area contributed by atoms with Crippen LogP contribution in [-0.2, 0) is 6.54 Å². The van der Waals surface area contributed by atoms with Crippen LogP contribution in [0.25, 0.3) is 10.9 Å². The smallest absolute Gasteiger partial charge is 0.146 e. The van der Waals surface area contributed by atoms with Crippen LogP contribution in [0.3, 0.4) is 0 Å². The van der Waals surface area contributed by atoms with Crippen molar-refractivity contribution in [3.05, 3.63) is 23.9 Å². The molecule has 1 heterocycles. The molecule has 0 aliphatic carbocycles. The summed E-state index contributed by atoms with van der Waals surface area (Å²) < 4.78 is 10.7. The molecule has 92 valence electrons. The van der Waals surface area contributed by atoms with Crippen LogP contribution in [-0.4, -0.2) is 38.2 Å². The lowest BCUT2D eigenvalue weighted by atomic mass is 10.1. The fraction of sp³-hybridized carbons (Fsp3) is 0.385. The monoisotopic (exact) mass is 234 g/mol. The van der Waals surface area contributed by atoms with Crippen LogP contribution in [0, 0.1) is 0 Å². The molecule has 1 aromatic heterocycles. The summed E-state index contributed by atoms with van der Waals surface area (Å²) >= 11 is 0. The van der Waals surface area contributed by atoms with Gasteiger partial charge in [-0.2, -0.15) is 0 Å². The minimum absolute atomic E-state index is 0.810. The molecule has 0 saturated carbocycles. The van der Waals surface area contributed by atoms with Crippen molar-refractivity contribution in [2.45, 2.75) is 6.54 Å². The third-order valence-corrected chi connectivity index (χ3v) is 2.75. The lowest BCUT2D eigenvalue weighted by Crippen LogP contribution is -2.10. The van der Waals surface area contributed by atoms with E-state index in [9.17, 15) is 0 Å². The number of aromatic nitrogens is 1. The van der Waals surface area contributed by atoms with Gasteiger partial charge < -0.3 is 19.4 Å². The highest BCUT2D eigenvalue weighted by atomic mass is 16.5. The lowest BCUT2D eigenvalue weighted by Gasteiger charge is -2.09. The number of ether oxygens (including phenoxy) is 2. The molecular formula is C13H18N2O2. The van der Waals surface area contributed by atoms with E-state index in [0.717, 1.165) is 28.9 Å². The summed E-state index contributed by atoms with van der Waals surface area (Å²) in [6.07, 6.45) is 2.02. The summed E-state index contributed by atoms with van der Waals surface area (Å²) in [5.41, 5.74) is 2.26. The summed E-state index contributed by atoms with van der Waals surface area (Å²) in [4.78, 5) is 5.39. The van der Waals surface area contributed by atoms with E-state index in [1.165, 1.54) is 5.56 Å². The molecule has 1 aromatic carbocycles. The first-order valence-electron chi connectivity index (χ1n) is 5.52. The van der Waals surface area contributed by atoms with Crippen LogP contribution in [0.4, 0.5) is 0 Å². The van der Waals surface area contributed by atoms with E-state index in [1.54, 1.807) is 14.2 Å². The highest BCUT2D eigenvalue weighted by molar-refractivity contribution is 5.89. The summed E-state index contributed by atoms with van der Waals surface area (Å²) in [5.74, 6) is 1.62. The number of benzene rings is 1. The summed E-state index contributed by atoms with van der Waals surface area (Å²) in [7, 11) is 7.44. The van der Waals surface area contributed by atoms with Gasteiger partial charge in [0.15, 0.2) is 0 Å². The van der Waals surface area contributed by atoms with Gasteiger partial charge >= 0.3 is 0 Å². The number of methoxy groups -OCH3 is 2. The second-order valence-corrected chi connectivity index (χ2v) is 4.30. The van der Waals surface area contributed by atoms with E-state index in [4.69, 9.17) is 9.47 Å². The molecule has 4 heteroatoms. The maximum atomic E-state index is 5.36. The second-order valence-electron chi connectivity index (χ2n) is 4.30. The van der Waals surface area contributed by atoms with Crippen LogP contribution in [0.1, 0.15) is 5.56 Å². The maximum Gasteiger partial charge on any atom is 0.146 e. The van der Waals surface area contributed by atoms with Gasteiger partial charge in [0, 0.05) is 24.2 Å². The molecule has 0 aliphatic heterocycles. The predicted octanol–water partition coefficient (Wildman–Crippen LogP) is 2.25. The van der Waals surface area contributed by atoms with Crippen molar-refractivity contribution in [2.24, 2.45) is 0 Å². The Labute approximate surface area is 101 Å². The van der Waals surface area contributed by atoms with Crippen molar-refractivity contribution >= 4 is 10.9 Å². The number of aromatic amines is 1. The van der Waals surface area contributed by atoms with Gasteiger partial charge in [-0.3, -0.25) is 0 Å². The molecule has 0 bridgehead atoms. The number of fused-ring (bicyclic) bond motifs is 1. The Kier molecular flexibility index (Phi) is 3.24. The topological polar surface area (TPSA) is 37.5 Å². The zero-order chi connectivity index (χ0) is 12.4. The number of H-pyrrole nitrogens is 1. The van der Waals surface area contributed by atoms with Crippen molar-refractivity contribution in [1.82, 2.24) is 9.88 Å². The molecule has 0 amide bonds. The first-order chi connectivity index (χ1) is 8.15. The quantitative estimate of drug-likeness (QED) is 0.881. The van der Waals surface area contributed by atoms with E-state index < -0.39 is 0 Å². The molecule has 0 aliphatic rings. The van der Waals surface area contributed by atoms with Crippen molar-refractivity contribution in [3.8, 4) is 11.5 Å². The zero-order valence-corrected chi connectivity index (χ0v) is 10.7. The molecule has 2 aromatic rings. The third kappa shape index (κ3) is 2.22. The van der Waals surface area contributed by atoms with Gasteiger partial charge in [-0.1, -0.05) is 0 Å². The van der Waals surface area contributed by atoms with E-state index in [1.807, 2.05) is 18.3 Å². The summed E-state index contributed by atoms with van der Waals surface area (Å²) in [5, 5.41) is 1.15. The van der Waals surface area contributed by atoms with Gasteiger partial charge in [0.05, 0.1) is 19.7 Å². The first-order valence-corrected chi connectivity index (χ1v) is 5.52. The second kappa shape index (κ2) is 4.67. The van der Waals surface area contributed by atoms with Gasteiger partial charge in [-0.25, -0.2) is 0 Å². The van der Waals surface area contributed by atoms with Crippen molar-refractivity contribution in [1.29, 1.82) is 0 Å². The molecule has 2 rings (SSSR count). The Balaban J connectivity index is 2.57. The van der Waals surface area contributed by atoms with Gasteiger partial charge in [0.25, 0.3) is 0 Å². The highest BCUT2D eigenvalue weighted by Crippen LogP contribution is 2.32. The fourth-order valence-corrected chi connectivity index (χ4v) is 1.98. The van der Waals surface area contributed by atoms with Gasteiger partial charge in [0.2, 0.25) is 0 Å². The van der Waals surface area contributed by atoms with Crippen molar-refractivity contribution in [2.75, 3.05) is 28.3 Å². The third-order valence-electron chi connectivity index (χ3n) is 2.75. The molecule has 0 spiro atoms. The number of nitrogens with zero attached hydrogens (tertiary/aromatic N) is 1. The molecule has 0 saturated heterocycles. The Hall–Kier alpha value is -1.68. The van der Waals surface area contributed by atoms with Crippen LogP contribution in [0.5, 0.6) is 11.5 Å². The molecule has 0 radical (unpaired) electrons. The predicted molar refractivity (Wildman–Crippen MR) is 68.8 cm³/mol. The number of nitrogens with one attached hydrogen (secondary N) is 1. The van der Waals surface area contributed by atoms with E-state index >= 15 is 0 Å². The Morgan fingerprint density at radius 1 is 1.18 bits per heavy atom. The van der Waals surface area contributed by atoms with Crippen molar-refractivity contribution in [3.63, 3.8) is 0 Å². The molecule has 4 nitrogen and oxygen atoms in total.